The molecule has 2 N–H and O–H groups in total. The second kappa shape index (κ2) is 7.38. The van der Waals surface area contributed by atoms with E-state index in [-0.39, 0.29) is 11.5 Å². The average molecular weight is 338 g/mol. The predicted molar refractivity (Wildman–Crippen MR) is 98.4 cm³/mol. The maximum Gasteiger partial charge on any atom is 0.337 e. The number of aromatic carboxylic acids is 1. The lowest BCUT2D eigenvalue weighted by atomic mass is 9.98. The number of carbonyl (C=O) groups excluding carboxylic acids is 1. The highest BCUT2D eigenvalue weighted by Crippen LogP contribution is 2.28. The first-order valence-electron chi connectivity index (χ1n) is 8.53. The second-order valence-corrected chi connectivity index (χ2v) is 6.53. The summed E-state index contributed by atoms with van der Waals surface area (Å²) in [5.74, 6) is -0.560. The van der Waals surface area contributed by atoms with Crippen LogP contribution < -0.4 is 10.2 Å². The van der Waals surface area contributed by atoms with E-state index in [1.54, 1.807) is 36.4 Å². The summed E-state index contributed by atoms with van der Waals surface area (Å²) < 4.78 is 0. The van der Waals surface area contributed by atoms with Crippen molar-refractivity contribution in [2.75, 3.05) is 23.3 Å². The molecule has 1 aliphatic rings. The molecule has 25 heavy (non-hydrogen) atoms. The van der Waals surface area contributed by atoms with E-state index in [1.165, 1.54) is 6.07 Å². The fraction of sp³-hybridized carbons (Fsp3) is 0.300. The van der Waals surface area contributed by atoms with Crippen LogP contribution in [0.1, 0.15) is 40.5 Å². The monoisotopic (exact) mass is 338 g/mol. The van der Waals surface area contributed by atoms with Gasteiger partial charge in [-0.2, -0.15) is 0 Å². The molecule has 0 aliphatic carbocycles. The Hall–Kier alpha value is -2.82. The van der Waals surface area contributed by atoms with Crippen molar-refractivity contribution in [2.45, 2.75) is 19.8 Å². The molecule has 0 aromatic heterocycles. The Labute approximate surface area is 147 Å². The molecule has 1 aliphatic heterocycles. The van der Waals surface area contributed by atoms with E-state index >= 15 is 0 Å². The Morgan fingerprint density at radius 1 is 1.08 bits per heavy atom. The van der Waals surface area contributed by atoms with Crippen LogP contribution >= 0.6 is 0 Å². The number of nitrogens with zero attached hydrogens (tertiary/aromatic N) is 1. The Bertz CT molecular complexity index is 766. The first-order chi connectivity index (χ1) is 12.0. The third-order valence-electron chi connectivity index (χ3n) is 4.65. The van der Waals surface area contributed by atoms with Crippen LogP contribution in [0.4, 0.5) is 11.4 Å². The molecule has 3 rings (SSSR count). The molecule has 1 saturated heterocycles. The van der Waals surface area contributed by atoms with Crippen molar-refractivity contribution in [3.63, 3.8) is 0 Å². The first-order valence-corrected chi connectivity index (χ1v) is 8.53. The molecule has 2 aromatic rings. The fourth-order valence-corrected chi connectivity index (χ4v) is 3.10. The molecule has 2 aromatic carbocycles. The number of hydrogen-bond acceptors (Lipinski definition) is 3. The number of amides is 1. The van der Waals surface area contributed by atoms with Crippen molar-refractivity contribution < 1.29 is 14.7 Å². The summed E-state index contributed by atoms with van der Waals surface area (Å²) in [7, 11) is 0. The van der Waals surface area contributed by atoms with Gasteiger partial charge in [-0.15, -0.1) is 0 Å². The molecule has 1 heterocycles. The summed E-state index contributed by atoms with van der Waals surface area (Å²) in [6, 6.07) is 14.0. The van der Waals surface area contributed by atoms with Crippen LogP contribution in [0.2, 0.25) is 0 Å². The number of carboxylic acids is 1. The average Bonchev–Trinajstić information content (AvgIpc) is 2.63. The third kappa shape index (κ3) is 3.99. The molecule has 5 nitrogen and oxygen atoms in total. The molecule has 0 spiro atoms. The normalized spacial score (nSPS) is 15.0. The lowest BCUT2D eigenvalue weighted by Crippen LogP contribution is -2.33. The van der Waals surface area contributed by atoms with Gasteiger partial charge in [0.2, 0.25) is 0 Å². The van der Waals surface area contributed by atoms with Crippen LogP contribution in [-0.4, -0.2) is 30.1 Å². The molecular weight excluding hydrogens is 316 g/mol. The number of piperidine rings is 1. The molecule has 1 fully saturated rings. The predicted octanol–water partition coefficient (Wildman–Crippen LogP) is 3.87. The van der Waals surface area contributed by atoms with E-state index < -0.39 is 5.97 Å². The zero-order valence-electron chi connectivity index (χ0n) is 14.2. The quantitative estimate of drug-likeness (QED) is 0.888. The van der Waals surface area contributed by atoms with Gasteiger partial charge >= 0.3 is 5.97 Å². The number of carbonyl (C=O) groups is 2. The van der Waals surface area contributed by atoms with E-state index in [1.807, 2.05) is 6.07 Å². The van der Waals surface area contributed by atoms with E-state index in [0.29, 0.717) is 17.2 Å². The van der Waals surface area contributed by atoms with Gasteiger partial charge in [0.15, 0.2) is 0 Å². The van der Waals surface area contributed by atoms with Gasteiger partial charge in [0.25, 0.3) is 5.91 Å². The summed E-state index contributed by atoms with van der Waals surface area (Å²) in [6.45, 7) is 3.94. The van der Waals surface area contributed by atoms with Gasteiger partial charge in [0.05, 0.1) is 11.3 Å². The lowest BCUT2D eigenvalue weighted by molar-refractivity contribution is 0.0697. The van der Waals surface area contributed by atoms with Crippen molar-refractivity contribution >= 4 is 23.3 Å². The minimum Gasteiger partial charge on any atom is -0.478 e. The molecular formula is C20H22N2O3. The topological polar surface area (TPSA) is 69.6 Å². The number of nitrogens with one attached hydrogen (secondary N) is 1. The molecule has 0 bridgehead atoms. The number of anilines is 2. The fourth-order valence-electron chi connectivity index (χ4n) is 3.10. The molecule has 5 heteroatoms. The Balaban J connectivity index is 1.82. The van der Waals surface area contributed by atoms with Crippen LogP contribution in [0, 0.1) is 5.92 Å². The zero-order chi connectivity index (χ0) is 17.8. The van der Waals surface area contributed by atoms with Crippen molar-refractivity contribution in [2.24, 2.45) is 5.92 Å². The van der Waals surface area contributed by atoms with Crippen LogP contribution in [0.3, 0.4) is 0 Å². The maximum absolute atomic E-state index is 12.2. The number of benzene rings is 2. The van der Waals surface area contributed by atoms with E-state index in [9.17, 15) is 14.7 Å². The van der Waals surface area contributed by atoms with E-state index in [0.717, 1.165) is 31.6 Å². The summed E-state index contributed by atoms with van der Waals surface area (Å²) in [5.41, 5.74) is 1.96. The van der Waals surface area contributed by atoms with Crippen LogP contribution in [0.15, 0.2) is 48.5 Å². The zero-order valence-corrected chi connectivity index (χ0v) is 14.2. The minimum atomic E-state index is -0.982. The van der Waals surface area contributed by atoms with E-state index in [2.05, 4.69) is 17.1 Å². The minimum absolute atomic E-state index is 0.223. The molecule has 0 radical (unpaired) electrons. The lowest BCUT2D eigenvalue weighted by Gasteiger charge is -2.33. The smallest absolute Gasteiger partial charge is 0.337 e. The summed E-state index contributed by atoms with van der Waals surface area (Å²) in [5, 5.41) is 12.4. The second-order valence-electron chi connectivity index (χ2n) is 6.53. The van der Waals surface area contributed by atoms with Crippen molar-refractivity contribution in [1.29, 1.82) is 0 Å². The van der Waals surface area contributed by atoms with Gasteiger partial charge in [-0.3, -0.25) is 4.79 Å². The highest BCUT2D eigenvalue weighted by molar-refractivity contribution is 6.05. The largest absolute Gasteiger partial charge is 0.478 e. The standard InChI is InChI=1S/C20H22N2O3/c1-14-9-11-22(12-10-14)18-8-7-16(13-17(18)20(24)25)21-19(23)15-5-3-2-4-6-15/h2-8,13-14H,9-12H2,1H3,(H,21,23)(H,24,25). The van der Waals surface area contributed by atoms with Crippen LogP contribution in [0.25, 0.3) is 0 Å². The van der Waals surface area contributed by atoms with Gasteiger partial charge in [0, 0.05) is 24.3 Å². The Kier molecular flexibility index (Phi) is 5.03. The summed E-state index contributed by atoms with van der Waals surface area (Å²) in [6.07, 6.45) is 2.12. The highest BCUT2D eigenvalue weighted by atomic mass is 16.4. The molecule has 130 valence electrons. The van der Waals surface area contributed by atoms with E-state index in [4.69, 9.17) is 0 Å². The molecule has 0 atom stereocenters. The molecule has 1 amide bonds. The summed E-state index contributed by atoms with van der Waals surface area (Å²) >= 11 is 0. The maximum atomic E-state index is 12.2. The highest BCUT2D eigenvalue weighted by Gasteiger charge is 2.21. The van der Waals surface area contributed by atoms with Crippen LogP contribution in [0.5, 0.6) is 0 Å². The van der Waals surface area contributed by atoms with Crippen LogP contribution in [-0.2, 0) is 0 Å². The van der Waals surface area contributed by atoms with Crippen molar-refractivity contribution in [3.8, 4) is 0 Å². The number of hydrogen-bond donors (Lipinski definition) is 2. The van der Waals surface area contributed by atoms with Gasteiger partial charge < -0.3 is 15.3 Å². The SMILES string of the molecule is CC1CCN(c2ccc(NC(=O)c3ccccc3)cc2C(=O)O)CC1. The first kappa shape index (κ1) is 17.0. The Morgan fingerprint density at radius 3 is 2.40 bits per heavy atom. The number of rotatable bonds is 4. The van der Waals surface area contributed by atoms with Crippen molar-refractivity contribution in [1.82, 2.24) is 0 Å². The van der Waals surface area contributed by atoms with Crippen molar-refractivity contribution in [3.05, 3.63) is 59.7 Å². The summed E-state index contributed by atoms with van der Waals surface area (Å²) in [4.78, 5) is 26.1. The molecule has 0 unspecified atom stereocenters. The van der Waals surface area contributed by atoms with Gasteiger partial charge in [-0.1, -0.05) is 25.1 Å². The molecule has 0 saturated carbocycles. The van der Waals surface area contributed by atoms with Gasteiger partial charge in [-0.05, 0) is 49.1 Å². The van der Waals surface area contributed by atoms with Gasteiger partial charge in [0.1, 0.15) is 0 Å². The number of carboxylic acid groups (broad SMARTS) is 1. The Morgan fingerprint density at radius 2 is 1.76 bits per heavy atom. The third-order valence-corrected chi connectivity index (χ3v) is 4.65. The van der Waals surface area contributed by atoms with Gasteiger partial charge in [-0.25, -0.2) is 4.79 Å².